The van der Waals surface area contributed by atoms with Crippen molar-refractivity contribution in [3.05, 3.63) is 99.5 Å². The van der Waals surface area contributed by atoms with Gasteiger partial charge in [-0.2, -0.15) is 0 Å². The first kappa shape index (κ1) is 30.8. The number of benzene rings is 3. The van der Waals surface area contributed by atoms with Crippen LogP contribution >= 0.6 is 15.9 Å². The lowest BCUT2D eigenvalue weighted by molar-refractivity contribution is -0.140. The highest BCUT2D eigenvalue weighted by Crippen LogP contribution is 2.26. The first-order valence-electron chi connectivity index (χ1n) is 13.9. The van der Waals surface area contributed by atoms with Crippen molar-refractivity contribution in [3.8, 4) is 0 Å². The van der Waals surface area contributed by atoms with Crippen molar-refractivity contribution in [1.29, 1.82) is 0 Å². The van der Waals surface area contributed by atoms with Crippen molar-refractivity contribution in [2.75, 3.05) is 17.1 Å². The van der Waals surface area contributed by atoms with Crippen LogP contribution in [0.3, 0.4) is 0 Å². The van der Waals surface area contributed by atoms with Crippen LogP contribution in [0.4, 0.5) is 5.69 Å². The summed E-state index contributed by atoms with van der Waals surface area (Å²) in [5, 5.41) is 3.19. The maximum Gasteiger partial charge on any atom is 0.244 e. The molecule has 1 N–H and O–H groups in total. The molecule has 0 unspecified atom stereocenters. The quantitative estimate of drug-likeness (QED) is 0.299. The highest BCUT2D eigenvalue weighted by molar-refractivity contribution is 9.10. The van der Waals surface area contributed by atoms with Crippen molar-refractivity contribution in [2.24, 2.45) is 0 Å². The summed E-state index contributed by atoms with van der Waals surface area (Å²) < 4.78 is 28.1. The number of hydrogen-bond donors (Lipinski definition) is 1. The fraction of sp³-hybridized carbons (Fsp3) is 0.375. The van der Waals surface area contributed by atoms with Crippen molar-refractivity contribution in [3.63, 3.8) is 0 Å². The number of carbonyl (C=O) groups is 2. The van der Waals surface area contributed by atoms with Crippen LogP contribution in [0.5, 0.6) is 0 Å². The van der Waals surface area contributed by atoms with E-state index in [1.807, 2.05) is 80.6 Å². The van der Waals surface area contributed by atoms with Crippen LogP contribution < -0.4 is 9.62 Å². The Kier molecular flexibility index (Phi) is 10.3. The van der Waals surface area contributed by atoms with E-state index in [4.69, 9.17) is 0 Å². The number of nitrogens with zero attached hydrogens (tertiary/aromatic N) is 2. The summed E-state index contributed by atoms with van der Waals surface area (Å²) in [5.74, 6) is -0.661. The van der Waals surface area contributed by atoms with E-state index in [1.165, 1.54) is 0 Å². The molecule has 1 aliphatic rings. The molecule has 3 aromatic carbocycles. The molecule has 41 heavy (non-hydrogen) atoms. The van der Waals surface area contributed by atoms with Gasteiger partial charge in [0.25, 0.3) is 0 Å². The number of aryl methyl sites for hydroxylation is 2. The van der Waals surface area contributed by atoms with Gasteiger partial charge in [-0.25, -0.2) is 8.42 Å². The summed E-state index contributed by atoms with van der Waals surface area (Å²) in [6, 6.07) is 22.0. The number of nitrogens with one attached hydrogen (secondary N) is 1. The monoisotopic (exact) mass is 639 g/mol. The van der Waals surface area contributed by atoms with Gasteiger partial charge in [-0.1, -0.05) is 83.4 Å². The zero-order valence-electron chi connectivity index (χ0n) is 23.8. The lowest BCUT2D eigenvalue weighted by Crippen LogP contribution is -2.54. The average molecular weight is 641 g/mol. The molecule has 1 fully saturated rings. The normalized spacial score (nSPS) is 14.4. The van der Waals surface area contributed by atoms with E-state index in [-0.39, 0.29) is 18.5 Å². The second kappa shape index (κ2) is 13.7. The summed E-state index contributed by atoms with van der Waals surface area (Å²) in [6.07, 6.45) is 5.38. The lowest BCUT2D eigenvalue weighted by Gasteiger charge is -2.34. The van der Waals surface area contributed by atoms with Crippen molar-refractivity contribution < 1.29 is 18.0 Å². The topological polar surface area (TPSA) is 86.8 Å². The largest absolute Gasteiger partial charge is 0.352 e. The zero-order chi connectivity index (χ0) is 29.6. The molecule has 0 radical (unpaired) electrons. The molecular weight excluding hydrogens is 602 g/mol. The van der Waals surface area contributed by atoms with Crippen molar-refractivity contribution in [2.45, 2.75) is 64.6 Å². The van der Waals surface area contributed by atoms with E-state index in [0.29, 0.717) is 12.1 Å². The molecule has 1 aliphatic carbocycles. The van der Waals surface area contributed by atoms with Crippen LogP contribution in [-0.2, 0) is 32.6 Å². The maximum absolute atomic E-state index is 14.2. The number of hydrogen-bond acceptors (Lipinski definition) is 4. The van der Waals surface area contributed by atoms with Gasteiger partial charge in [0.2, 0.25) is 21.8 Å². The van der Waals surface area contributed by atoms with E-state index in [9.17, 15) is 18.0 Å². The summed E-state index contributed by atoms with van der Waals surface area (Å²) in [7, 11) is -3.81. The number of amides is 2. The Morgan fingerprint density at radius 2 is 1.61 bits per heavy atom. The fourth-order valence-electron chi connectivity index (χ4n) is 5.29. The van der Waals surface area contributed by atoms with Crippen LogP contribution in [0.1, 0.15) is 47.9 Å². The molecular formula is C32H38BrN3O4S. The number of anilines is 1. The van der Waals surface area contributed by atoms with Crippen molar-refractivity contribution >= 4 is 43.5 Å². The third-order valence-corrected chi connectivity index (χ3v) is 9.21. The van der Waals surface area contributed by atoms with E-state index in [0.717, 1.165) is 63.0 Å². The minimum atomic E-state index is -3.81. The Bertz CT molecular complexity index is 1460. The number of sulfonamides is 1. The Morgan fingerprint density at radius 3 is 2.24 bits per heavy atom. The third-order valence-electron chi connectivity index (χ3n) is 7.55. The van der Waals surface area contributed by atoms with Gasteiger partial charge in [-0.15, -0.1) is 0 Å². The summed E-state index contributed by atoms with van der Waals surface area (Å²) in [5.41, 5.74) is 3.84. The lowest BCUT2D eigenvalue weighted by atomic mass is 10.0. The molecule has 0 saturated heterocycles. The Hall–Kier alpha value is -3.17. The zero-order valence-corrected chi connectivity index (χ0v) is 26.2. The first-order valence-corrected chi connectivity index (χ1v) is 16.6. The number of carbonyl (C=O) groups excluding carboxylic acids is 2. The SMILES string of the molecule is Cc1ccc(C)c(N(CC(=O)N(Cc2ccc(Br)cc2)[C@H](Cc2ccccc2)C(=O)NC2CCCC2)S(C)(=O)=O)c1. The van der Waals surface area contributed by atoms with E-state index in [1.54, 1.807) is 11.0 Å². The number of halogens is 1. The molecule has 0 spiro atoms. The molecule has 218 valence electrons. The van der Waals surface area contributed by atoms with E-state index < -0.39 is 28.5 Å². The van der Waals surface area contributed by atoms with Gasteiger partial charge < -0.3 is 10.2 Å². The molecule has 0 aromatic heterocycles. The second-order valence-corrected chi connectivity index (χ2v) is 13.7. The van der Waals surface area contributed by atoms with E-state index in [2.05, 4.69) is 21.2 Å². The summed E-state index contributed by atoms with van der Waals surface area (Å²) in [6.45, 7) is 3.45. The molecule has 1 atom stereocenters. The van der Waals surface area contributed by atoms with Gasteiger partial charge in [0.15, 0.2) is 0 Å². The Labute approximate surface area is 252 Å². The van der Waals surface area contributed by atoms with Gasteiger partial charge in [0.05, 0.1) is 11.9 Å². The molecule has 3 aromatic rings. The minimum absolute atomic E-state index is 0.0767. The Balaban J connectivity index is 1.74. The first-order chi connectivity index (χ1) is 19.5. The smallest absolute Gasteiger partial charge is 0.244 e. The average Bonchev–Trinajstić information content (AvgIpc) is 3.44. The predicted octanol–water partition coefficient (Wildman–Crippen LogP) is 5.53. The van der Waals surface area contributed by atoms with Crippen LogP contribution in [0, 0.1) is 13.8 Å². The highest BCUT2D eigenvalue weighted by Gasteiger charge is 2.34. The van der Waals surface area contributed by atoms with E-state index >= 15 is 0 Å². The summed E-state index contributed by atoms with van der Waals surface area (Å²) >= 11 is 3.46. The van der Waals surface area contributed by atoms with Gasteiger partial charge in [0, 0.05) is 23.5 Å². The van der Waals surface area contributed by atoms with Gasteiger partial charge >= 0.3 is 0 Å². The van der Waals surface area contributed by atoms with Gasteiger partial charge in [0.1, 0.15) is 12.6 Å². The number of rotatable bonds is 11. The standard InChI is InChI=1S/C32H38BrN3O4S/c1-23-13-14-24(2)29(19-23)36(41(3,39)40)22-31(37)35(21-26-15-17-27(33)18-16-26)30(20-25-9-5-4-6-10-25)32(38)34-28-11-7-8-12-28/h4-6,9-10,13-19,28,30H,7-8,11-12,20-22H2,1-3H3,(H,34,38)/t30-/m1/s1. The maximum atomic E-state index is 14.2. The fourth-order valence-corrected chi connectivity index (χ4v) is 6.45. The third kappa shape index (κ3) is 8.42. The molecule has 9 heteroatoms. The van der Waals surface area contributed by atoms with Gasteiger partial charge in [-0.3, -0.25) is 13.9 Å². The van der Waals surface area contributed by atoms with Crippen molar-refractivity contribution in [1.82, 2.24) is 10.2 Å². The van der Waals surface area contributed by atoms with Crippen LogP contribution in [-0.4, -0.2) is 50.0 Å². The summed E-state index contributed by atoms with van der Waals surface area (Å²) in [4.78, 5) is 29.7. The van der Waals surface area contributed by atoms with Crippen LogP contribution in [0.15, 0.2) is 77.3 Å². The second-order valence-electron chi connectivity index (χ2n) is 10.9. The Morgan fingerprint density at radius 1 is 0.951 bits per heavy atom. The molecule has 2 amide bonds. The van der Waals surface area contributed by atoms with Crippen LogP contribution in [0.25, 0.3) is 0 Å². The van der Waals surface area contributed by atoms with Gasteiger partial charge in [-0.05, 0) is 67.1 Å². The highest BCUT2D eigenvalue weighted by atomic mass is 79.9. The molecule has 4 rings (SSSR count). The molecule has 0 aliphatic heterocycles. The molecule has 1 saturated carbocycles. The van der Waals surface area contributed by atoms with Crippen LogP contribution in [0.2, 0.25) is 0 Å². The predicted molar refractivity (Wildman–Crippen MR) is 167 cm³/mol. The molecule has 7 nitrogen and oxygen atoms in total. The minimum Gasteiger partial charge on any atom is -0.352 e. The molecule has 0 bridgehead atoms. The molecule has 0 heterocycles.